The molecule has 0 aliphatic heterocycles. The van der Waals surface area contributed by atoms with Gasteiger partial charge >= 0.3 is 5.97 Å². The average Bonchev–Trinajstić information content (AvgIpc) is 2.94. The zero-order valence-corrected chi connectivity index (χ0v) is 9.95. The maximum atomic E-state index is 11.7. The Hall–Kier alpha value is -2.45. The number of hydrogen-bond acceptors (Lipinski definition) is 8. The van der Waals surface area contributed by atoms with Crippen molar-refractivity contribution in [2.45, 2.75) is 20.3 Å². The third kappa shape index (κ3) is 1.90. The summed E-state index contributed by atoms with van der Waals surface area (Å²) < 4.78 is 10.7. The first-order valence-electron chi connectivity index (χ1n) is 5.39. The highest BCUT2D eigenvalue weighted by molar-refractivity contribution is 5.88. The van der Waals surface area contributed by atoms with Gasteiger partial charge in [-0.1, -0.05) is 12.1 Å². The molecule has 0 aromatic carbocycles. The molecule has 9 nitrogen and oxygen atoms in total. The molecule has 0 atom stereocenters. The lowest BCUT2D eigenvalue weighted by Gasteiger charge is -2.02. The van der Waals surface area contributed by atoms with Gasteiger partial charge in [0.15, 0.2) is 5.69 Å². The van der Waals surface area contributed by atoms with E-state index in [1.54, 1.807) is 6.92 Å². The van der Waals surface area contributed by atoms with Crippen LogP contribution in [0.2, 0.25) is 0 Å². The summed E-state index contributed by atoms with van der Waals surface area (Å²) in [4.78, 5) is 11.7. The van der Waals surface area contributed by atoms with Gasteiger partial charge in [0, 0.05) is 0 Å². The first-order chi connectivity index (χ1) is 8.69. The van der Waals surface area contributed by atoms with Crippen LogP contribution in [0.3, 0.4) is 0 Å². The van der Waals surface area contributed by atoms with Crippen molar-refractivity contribution < 1.29 is 14.2 Å². The maximum absolute atomic E-state index is 11.7. The zero-order valence-electron chi connectivity index (χ0n) is 9.95. The quantitative estimate of drug-likeness (QED) is 0.752. The van der Waals surface area contributed by atoms with E-state index in [-0.39, 0.29) is 23.9 Å². The molecule has 0 aliphatic carbocycles. The topological polar surface area (TPSA) is 122 Å². The van der Waals surface area contributed by atoms with Crippen molar-refractivity contribution in [1.29, 1.82) is 0 Å². The number of rotatable bonds is 4. The van der Waals surface area contributed by atoms with Crippen molar-refractivity contribution in [1.82, 2.24) is 25.3 Å². The number of nitrogens with two attached hydrogens (primary N) is 1. The molecule has 0 bridgehead atoms. The summed E-state index contributed by atoms with van der Waals surface area (Å²) in [6.45, 7) is 3.83. The average molecular weight is 252 g/mol. The molecule has 18 heavy (non-hydrogen) atoms. The van der Waals surface area contributed by atoms with Crippen molar-refractivity contribution >= 4 is 11.8 Å². The van der Waals surface area contributed by atoms with Crippen molar-refractivity contribution in [2.24, 2.45) is 0 Å². The molecule has 0 amide bonds. The van der Waals surface area contributed by atoms with E-state index in [9.17, 15) is 4.79 Å². The first kappa shape index (κ1) is 12.0. The van der Waals surface area contributed by atoms with Crippen molar-refractivity contribution in [3.8, 4) is 5.82 Å². The minimum atomic E-state index is -0.532. The molecule has 96 valence electrons. The van der Waals surface area contributed by atoms with Crippen molar-refractivity contribution in [2.75, 3.05) is 12.3 Å². The number of carbonyl (C=O) groups excluding carboxylic acids is 1. The molecule has 0 spiro atoms. The Balaban J connectivity index is 2.45. The van der Waals surface area contributed by atoms with E-state index in [0.717, 1.165) is 0 Å². The smallest absolute Gasteiger partial charge is 0.360 e. The summed E-state index contributed by atoms with van der Waals surface area (Å²) in [5.74, 6) is -0.254. The summed E-state index contributed by atoms with van der Waals surface area (Å²) in [5.41, 5.74) is 6.25. The predicted octanol–water partition coefficient (Wildman–Crippen LogP) is -0.0284. The number of carbonyl (C=O) groups is 1. The Morgan fingerprint density at radius 1 is 1.44 bits per heavy atom. The fourth-order valence-electron chi connectivity index (χ4n) is 1.48. The Morgan fingerprint density at radius 2 is 2.22 bits per heavy atom. The van der Waals surface area contributed by atoms with E-state index in [0.29, 0.717) is 12.1 Å². The highest BCUT2D eigenvalue weighted by atomic mass is 16.6. The molecule has 0 aliphatic rings. The number of nitrogens with zero attached hydrogens (tertiary/aromatic N) is 5. The molecule has 0 saturated heterocycles. The maximum Gasteiger partial charge on any atom is 0.360 e. The van der Waals surface area contributed by atoms with E-state index in [1.165, 1.54) is 4.68 Å². The van der Waals surface area contributed by atoms with Crippen LogP contribution in [0.25, 0.3) is 5.82 Å². The third-order valence-corrected chi connectivity index (χ3v) is 2.26. The third-order valence-electron chi connectivity index (χ3n) is 2.26. The summed E-state index contributed by atoms with van der Waals surface area (Å²) in [7, 11) is 0. The lowest BCUT2D eigenvalue weighted by atomic mass is 10.2. The summed E-state index contributed by atoms with van der Waals surface area (Å²) in [5, 5.41) is 14.6. The Kier molecular flexibility index (Phi) is 3.22. The van der Waals surface area contributed by atoms with Crippen LogP contribution in [0.5, 0.6) is 0 Å². The van der Waals surface area contributed by atoms with E-state index >= 15 is 0 Å². The molecule has 9 heteroatoms. The van der Waals surface area contributed by atoms with E-state index < -0.39 is 5.97 Å². The molecule has 2 N–H and O–H groups in total. The van der Waals surface area contributed by atoms with Gasteiger partial charge < -0.3 is 10.5 Å². The van der Waals surface area contributed by atoms with Gasteiger partial charge in [-0.3, -0.25) is 0 Å². The van der Waals surface area contributed by atoms with Gasteiger partial charge in [-0.15, -0.1) is 5.10 Å². The normalized spacial score (nSPS) is 10.6. The van der Waals surface area contributed by atoms with Crippen LogP contribution in [-0.4, -0.2) is 37.9 Å². The molecule has 0 saturated carbocycles. The number of nitrogen functional groups attached to an aromatic ring is 1. The fourth-order valence-corrected chi connectivity index (χ4v) is 1.48. The van der Waals surface area contributed by atoms with Crippen LogP contribution in [0.4, 0.5) is 5.82 Å². The van der Waals surface area contributed by atoms with Crippen molar-refractivity contribution in [3.05, 3.63) is 11.4 Å². The minimum Gasteiger partial charge on any atom is -0.461 e. The van der Waals surface area contributed by atoms with Gasteiger partial charge in [-0.05, 0) is 23.7 Å². The highest BCUT2D eigenvalue weighted by Crippen LogP contribution is 2.16. The Labute approximate surface area is 102 Å². The van der Waals surface area contributed by atoms with Crippen LogP contribution < -0.4 is 5.73 Å². The molecule has 2 heterocycles. The highest BCUT2D eigenvalue weighted by Gasteiger charge is 2.23. The second kappa shape index (κ2) is 4.82. The van der Waals surface area contributed by atoms with Crippen LogP contribution >= 0.6 is 0 Å². The number of anilines is 1. The predicted molar refractivity (Wildman–Crippen MR) is 59.0 cm³/mol. The van der Waals surface area contributed by atoms with Crippen molar-refractivity contribution in [3.63, 3.8) is 0 Å². The van der Waals surface area contributed by atoms with Crippen LogP contribution in [0.15, 0.2) is 4.63 Å². The lowest BCUT2D eigenvalue weighted by Crippen LogP contribution is -2.10. The molecule has 0 radical (unpaired) electrons. The molecule has 0 fully saturated rings. The van der Waals surface area contributed by atoms with E-state index in [2.05, 4.69) is 25.3 Å². The van der Waals surface area contributed by atoms with Gasteiger partial charge in [0.05, 0.1) is 12.3 Å². The molecule has 2 rings (SSSR count). The largest absolute Gasteiger partial charge is 0.461 e. The molecule has 2 aromatic rings. The fraction of sp³-hybridized carbons (Fsp3) is 0.444. The minimum absolute atomic E-state index is 0.0741. The SMILES string of the molecule is CCOC(=O)c1nnn(-c2nonc2N)c1CC. The van der Waals surface area contributed by atoms with E-state index in [1.807, 2.05) is 6.92 Å². The standard InChI is InChI=1S/C9H12N6O3/c1-3-5-6(9(16)17-4-2)11-14-15(5)8-7(10)12-18-13-8/h3-4H2,1-2H3,(H2,10,12). The summed E-state index contributed by atoms with van der Waals surface area (Å²) in [6, 6.07) is 0. The second-order valence-corrected chi connectivity index (χ2v) is 3.34. The zero-order chi connectivity index (χ0) is 13.1. The Bertz CT molecular complexity index is 560. The second-order valence-electron chi connectivity index (χ2n) is 3.34. The van der Waals surface area contributed by atoms with Gasteiger partial charge in [-0.25, -0.2) is 9.42 Å². The number of hydrogen-bond donors (Lipinski definition) is 1. The summed E-state index contributed by atoms with van der Waals surface area (Å²) in [6.07, 6.45) is 0.507. The van der Waals surface area contributed by atoms with Gasteiger partial charge in [0.1, 0.15) is 0 Å². The molecular weight excluding hydrogens is 240 g/mol. The Morgan fingerprint density at radius 3 is 2.78 bits per heavy atom. The monoisotopic (exact) mass is 252 g/mol. The first-order valence-corrected chi connectivity index (χ1v) is 5.39. The van der Waals surface area contributed by atoms with Gasteiger partial charge in [-0.2, -0.15) is 4.68 Å². The molecule has 0 unspecified atom stereocenters. The summed E-state index contributed by atoms with van der Waals surface area (Å²) >= 11 is 0. The van der Waals surface area contributed by atoms with Gasteiger partial charge in [0.25, 0.3) is 0 Å². The van der Waals surface area contributed by atoms with Gasteiger partial charge in [0.2, 0.25) is 11.6 Å². The van der Waals surface area contributed by atoms with Crippen LogP contribution in [0, 0.1) is 0 Å². The number of aromatic nitrogens is 5. The number of ether oxygens (including phenoxy) is 1. The van der Waals surface area contributed by atoms with Crippen LogP contribution in [-0.2, 0) is 11.2 Å². The molecular formula is C9H12N6O3. The van der Waals surface area contributed by atoms with Crippen LogP contribution in [0.1, 0.15) is 30.0 Å². The number of esters is 1. The molecule has 2 aromatic heterocycles. The lowest BCUT2D eigenvalue weighted by molar-refractivity contribution is 0.0518. The van der Waals surface area contributed by atoms with E-state index in [4.69, 9.17) is 10.5 Å².